The molecule has 0 spiro atoms. The monoisotopic (exact) mass is 300 g/mol. The molecule has 1 aliphatic carbocycles. The van der Waals surface area contributed by atoms with E-state index < -0.39 is 37.5 Å². The van der Waals surface area contributed by atoms with E-state index in [0.29, 0.717) is 12.8 Å². The largest absolute Gasteiger partial charge is 0.480 e. The van der Waals surface area contributed by atoms with Crippen LogP contribution >= 0.6 is 0 Å². The summed E-state index contributed by atoms with van der Waals surface area (Å²) in [5.41, 5.74) is -0.583. The SMILES string of the molecule is O=C(O)C(NS(=O)(=O)c1ccccc1[N+](=O)[O-])C1CC1. The van der Waals surface area contributed by atoms with Gasteiger partial charge in [-0.05, 0) is 24.8 Å². The minimum atomic E-state index is -4.26. The highest BCUT2D eigenvalue weighted by Crippen LogP contribution is 2.34. The van der Waals surface area contributed by atoms with E-state index in [1.807, 2.05) is 4.72 Å². The molecule has 9 heteroatoms. The number of aliphatic carboxylic acids is 1. The summed E-state index contributed by atoms with van der Waals surface area (Å²) in [7, 11) is -4.26. The van der Waals surface area contributed by atoms with Crippen molar-refractivity contribution in [1.29, 1.82) is 0 Å². The highest BCUT2D eigenvalue weighted by Gasteiger charge is 2.40. The maximum atomic E-state index is 12.1. The van der Waals surface area contributed by atoms with Crippen LogP contribution in [0.4, 0.5) is 5.69 Å². The average Bonchev–Trinajstić information content (AvgIpc) is 3.20. The molecule has 0 aromatic heterocycles. The van der Waals surface area contributed by atoms with Crippen LogP contribution < -0.4 is 4.72 Å². The zero-order valence-electron chi connectivity index (χ0n) is 10.2. The lowest BCUT2D eigenvalue weighted by Crippen LogP contribution is -2.42. The van der Waals surface area contributed by atoms with Gasteiger partial charge < -0.3 is 5.11 Å². The number of carboxylic acid groups (broad SMARTS) is 1. The van der Waals surface area contributed by atoms with Crippen LogP contribution in [0.3, 0.4) is 0 Å². The highest BCUT2D eigenvalue weighted by atomic mass is 32.2. The molecule has 2 rings (SSSR count). The Morgan fingerprint density at radius 2 is 2.00 bits per heavy atom. The van der Waals surface area contributed by atoms with Gasteiger partial charge in [-0.15, -0.1) is 0 Å². The van der Waals surface area contributed by atoms with Gasteiger partial charge in [0, 0.05) is 6.07 Å². The molecule has 0 aliphatic heterocycles. The summed E-state index contributed by atoms with van der Waals surface area (Å²) in [5, 5.41) is 19.8. The van der Waals surface area contributed by atoms with Gasteiger partial charge in [0.15, 0.2) is 4.90 Å². The van der Waals surface area contributed by atoms with Crippen molar-refractivity contribution in [2.75, 3.05) is 0 Å². The standard InChI is InChI=1S/C11H12N2O6S/c14-11(15)10(7-5-6-7)12-20(18,19)9-4-2-1-3-8(9)13(16)17/h1-4,7,10,12H,5-6H2,(H,14,15). The molecule has 1 fully saturated rings. The molecule has 8 nitrogen and oxygen atoms in total. The van der Waals surface area contributed by atoms with Crippen LogP contribution in [-0.4, -0.2) is 30.5 Å². The summed E-state index contributed by atoms with van der Waals surface area (Å²) < 4.78 is 26.3. The van der Waals surface area contributed by atoms with Crippen molar-refractivity contribution in [3.63, 3.8) is 0 Å². The maximum Gasteiger partial charge on any atom is 0.322 e. The molecule has 0 saturated heterocycles. The van der Waals surface area contributed by atoms with Crippen molar-refractivity contribution in [2.24, 2.45) is 5.92 Å². The fourth-order valence-electron chi connectivity index (χ4n) is 1.84. The Bertz CT molecular complexity index is 653. The Balaban J connectivity index is 2.35. The first-order valence-electron chi connectivity index (χ1n) is 5.81. The second-order valence-electron chi connectivity index (χ2n) is 4.50. The molecule has 108 valence electrons. The summed E-state index contributed by atoms with van der Waals surface area (Å²) in [5.74, 6) is -1.54. The number of nitrogens with zero attached hydrogens (tertiary/aromatic N) is 1. The van der Waals surface area contributed by atoms with Gasteiger partial charge in [-0.1, -0.05) is 12.1 Å². The molecule has 0 radical (unpaired) electrons. The lowest BCUT2D eigenvalue weighted by atomic mass is 10.2. The van der Waals surface area contributed by atoms with E-state index in [-0.39, 0.29) is 5.92 Å². The van der Waals surface area contributed by atoms with E-state index in [9.17, 15) is 23.3 Å². The number of hydrogen-bond donors (Lipinski definition) is 2. The van der Waals surface area contributed by atoms with Gasteiger partial charge in [-0.25, -0.2) is 8.42 Å². The number of rotatable bonds is 6. The number of nitro groups is 1. The van der Waals surface area contributed by atoms with Crippen LogP contribution in [0.15, 0.2) is 29.2 Å². The Morgan fingerprint density at radius 1 is 1.40 bits per heavy atom. The molecule has 1 unspecified atom stereocenters. The van der Waals surface area contributed by atoms with E-state index in [4.69, 9.17) is 5.11 Å². The molecule has 0 bridgehead atoms. The van der Waals surface area contributed by atoms with Crippen LogP contribution in [0.2, 0.25) is 0 Å². The molecule has 1 aromatic rings. The Hall–Kier alpha value is -2.00. The van der Waals surface area contributed by atoms with Gasteiger partial charge in [-0.3, -0.25) is 14.9 Å². The molecule has 20 heavy (non-hydrogen) atoms. The normalized spacial score (nSPS) is 16.6. The Kier molecular flexibility index (Phi) is 3.73. The minimum Gasteiger partial charge on any atom is -0.480 e. The summed E-state index contributed by atoms with van der Waals surface area (Å²) in [6, 6.07) is 3.56. The van der Waals surface area contributed by atoms with Gasteiger partial charge in [0.05, 0.1) is 4.92 Å². The fourth-order valence-corrected chi connectivity index (χ4v) is 3.27. The zero-order valence-corrected chi connectivity index (χ0v) is 11.0. The number of carbonyl (C=O) groups is 1. The predicted molar refractivity (Wildman–Crippen MR) is 67.6 cm³/mol. The molecule has 1 aliphatic rings. The maximum absolute atomic E-state index is 12.1. The molecule has 1 atom stereocenters. The second-order valence-corrected chi connectivity index (χ2v) is 6.18. The number of sulfonamides is 1. The summed E-state index contributed by atoms with van der Waals surface area (Å²) in [6.07, 6.45) is 1.24. The van der Waals surface area contributed by atoms with Gasteiger partial charge in [0.1, 0.15) is 6.04 Å². The van der Waals surface area contributed by atoms with Crippen molar-refractivity contribution >= 4 is 21.7 Å². The number of nitro benzene ring substituents is 1. The topological polar surface area (TPSA) is 127 Å². The first-order valence-corrected chi connectivity index (χ1v) is 7.30. The van der Waals surface area contributed by atoms with Gasteiger partial charge in [-0.2, -0.15) is 4.72 Å². The Labute approximate surface area is 114 Å². The van der Waals surface area contributed by atoms with Crippen molar-refractivity contribution in [2.45, 2.75) is 23.8 Å². The third-order valence-corrected chi connectivity index (χ3v) is 4.48. The van der Waals surface area contributed by atoms with E-state index in [0.717, 1.165) is 12.1 Å². The van der Waals surface area contributed by atoms with Crippen molar-refractivity contribution in [3.8, 4) is 0 Å². The van der Waals surface area contributed by atoms with Crippen LogP contribution in [0, 0.1) is 16.0 Å². The van der Waals surface area contributed by atoms with Crippen molar-refractivity contribution in [1.82, 2.24) is 4.72 Å². The van der Waals surface area contributed by atoms with Crippen molar-refractivity contribution < 1.29 is 23.2 Å². The quantitative estimate of drug-likeness (QED) is 0.589. The van der Waals surface area contributed by atoms with E-state index >= 15 is 0 Å². The predicted octanol–water partition coefficient (Wildman–Crippen LogP) is 0.736. The van der Waals surface area contributed by atoms with Gasteiger partial charge in [0.25, 0.3) is 5.69 Å². The zero-order chi connectivity index (χ0) is 14.9. The number of benzene rings is 1. The lowest BCUT2D eigenvalue weighted by molar-refractivity contribution is -0.387. The summed E-state index contributed by atoms with van der Waals surface area (Å²) in [6.45, 7) is 0. The van der Waals surface area contributed by atoms with Gasteiger partial charge in [0.2, 0.25) is 10.0 Å². The number of carboxylic acids is 1. The molecular formula is C11H12N2O6S. The van der Waals surface area contributed by atoms with E-state index in [2.05, 4.69) is 0 Å². The molecule has 1 saturated carbocycles. The smallest absolute Gasteiger partial charge is 0.322 e. The highest BCUT2D eigenvalue weighted by molar-refractivity contribution is 7.89. The van der Waals surface area contributed by atoms with Crippen molar-refractivity contribution in [3.05, 3.63) is 34.4 Å². The van der Waals surface area contributed by atoms with Crippen LogP contribution in [0.5, 0.6) is 0 Å². The second kappa shape index (κ2) is 5.17. The Morgan fingerprint density at radius 3 is 2.50 bits per heavy atom. The number of para-hydroxylation sites is 1. The summed E-state index contributed by atoms with van der Waals surface area (Å²) in [4.78, 5) is 20.5. The first-order chi connectivity index (χ1) is 9.33. The molecule has 2 N–H and O–H groups in total. The van der Waals surface area contributed by atoms with Gasteiger partial charge >= 0.3 is 5.97 Å². The molecule has 1 aromatic carbocycles. The molecule has 0 heterocycles. The third-order valence-electron chi connectivity index (χ3n) is 2.99. The van der Waals surface area contributed by atoms with Crippen LogP contribution in [-0.2, 0) is 14.8 Å². The first kappa shape index (κ1) is 14.4. The average molecular weight is 300 g/mol. The minimum absolute atomic E-state index is 0.259. The van der Waals surface area contributed by atoms with E-state index in [1.54, 1.807) is 0 Å². The number of hydrogen-bond acceptors (Lipinski definition) is 5. The van der Waals surface area contributed by atoms with Crippen LogP contribution in [0.25, 0.3) is 0 Å². The number of nitrogens with one attached hydrogen (secondary N) is 1. The fraction of sp³-hybridized carbons (Fsp3) is 0.364. The van der Waals surface area contributed by atoms with Crippen LogP contribution in [0.1, 0.15) is 12.8 Å². The molecule has 0 amide bonds. The third kappa shape index (κ3) is 2.94. The lowest BCUT2D eigenvalue weighted by Gasteiger charge is -2.13. The summed E-state index contributed by atoms with van der Waals surface area (Å²) >= 11 is 0. The van der Waals surface area contributed by atoms with E-state index in [1.165, 1.54) is 12.1 Å². The molecular weight excluding hydrogens is 288 g/mol.